The van der Waals surface area contributed by atoms with Crippen molar-refractivity contribution in [3.63, 3.8) is 0 Å². The van der Waals surface area contributed by atoms with Crippen LogP contribution in [0.15, 0.2) is 24.3 Å². The molecule has 4 heteroatoms. The standard InChI is InChI=1S/C16H23FN2O/c1-11(2)9-10-19-15(20)8-7-14(18)16(19)12-5-3-4-6-13(12)17/h3-6,11,14,16H,7-10,18H2,1-2H3. The van der Waals surface area contributed by atoms with E-state index in [1.807, 2.05) is 0 Å². The lowest BCUT2D eigenvalue weighted by Gasteiger charge is -2.40. The summed E-state index contributed by atoms with van der Waals surface area (Å²) >= 11 is 0. The number of carbonyl (C=O) groups excluding carboxylic acids is 1. The summed E-state index contributed by atoms with van der Waals surface area (Å²) in [6.45, 7) is 4.88. The average Bonchev–Trinajstić information content (AvgIpc) is 2.40. The number of likely N-dealkylation sites (tertiary alicyclic amines) is 1. The monoisotopic (exact) mass is 278 g/mol. The maximum absolute atomic E-state index is 14.1. The zero-order valence-electron chi connectivity index (χ0n) is 12.2. The molecule has 1 amide bonds. The second-order valence-corrected chi connectivity index (χ2v) is 5.94. The molecule has 0 aliphatic carbocycles. The zero-order valence-corrected chi connectivity index (χ0v) is 12.2. The summed E-state index contributed by atoms with van der Waals surface area (Å²) in [5.41, 5.74) is 6.72. The molecule has 20 heavy (non-hydrogen) atoms. The summed E-state index contributed by atoms with van der Waals surface area (Å²) in [7, 11) is 0. The van der Waals surface area contributed by atoms with Crippen LogP contribution in [0.5, 0.6) is 0 Å². The van der Waals surface area contributed by atoms with Crippen molar-refractivity contribution in [1.29, 1.82) is 0 Å². The first-order valence-electron chi connectivity index (χ1n) is 7.30. The van der Waals surface area contributed by atoms with Crippen LogP contribution in [0.25, 0.3) is 0 Å². The highest BCUT2D eigenvalue weighted by Gasteiger charge is 2.35. The van der Waals surface area contributed by atoms with E-state index in [1.165, 1.54) is 6.07 Å². The molecule has 110 valence electrons. The van der Waals surface area contributed by atoms with Crippen LogP contribution in [0.4, 0.5) is 4.39 Å². The molecule has 1 aliphatic rings. The molecule has 1 aromatic carbocycles. The minimum absolute atomic E-state index is 0.0839. The largest absolute Gasteiger partial charge is 0.334 e. The van der Waals surface area contributed by atoms with Gasteiger partial charge in [0, 0.05) is 24.6 Å². The maximum Gasteiger partial charge on any atom is 0.223 e. The number of benzene rings is 1. The van der Waals surface area contributed by atoms with Crippen molar-refractivity contribution in [2.24, 2.45) is 11.7 Å². The topological polar surface area (TPSA) is 46.3 Å². The van der Waals surface area contributed by atoms with Gasteiger partial charge in [-0.2, -0.15) is 0 Å². The number of piperidine rings is 1. The van der Waals surface area contributed by atoms with E-state index in [4.69, 9.17) is 5.73 Å². The molecule has 3 nitrogen and oxygen atoms in total. The number of nitrogens with zero attached hydrogens (tertiary/aromatic N) is 1. The van der Waals surface area contributed by atoms with E-state index in [9.17, 15) is 9.18 Å². The van der Waals surface area contributed by atoms with Crippen LogP contribution in [-0.4, -0.2) is 23.4 Å². The van der Waals surface area contributed by atoms with E-state index in [0.717, 1.165) is 6.42 Å². The summed E-state index contributed by atoms with van der Waals surface area (Å²) in [5.74, 6) is 0.306. The van der Waals surface area contributed by atoms with Crippen molar-refractivity contribution in [2.75, 3.05) is 6.54 Å². The Bertz CT molecular complexity index is 475. The van der Waals surface area contributed by atoms with Crippen LogP contribution >= 0.6 is 0 Å². The van der Waals surface area contributed by atoms with Gasteiger partial charge in [-0.15, -0.1) is 0 Å². The number of nitrogens with two attached hydrogens (primary N) is 1. The Morgan fingerprint density at radius 1 is 1.40 bits per heavy atom. The molecule has 0 radical (unpaired) electrons. The second kappa shape index (κ2) is 6.35. The van der Waals surface area contributed by atoms with Crippen LogP contribution in [0.3, 0.4) is 0 Å². The number of amides is 1. The Morgan fingerprint density at radius 3 is 2.75 bits per heavy atom. The van der Waals surface area contributed by atoms with Gasteiger partial charge in [0.2, 0.25) is 5.91 Å². The smallest absolute Gasteiger partial charge is 0.223 e. The molecule has 1 heterocycles. The lowest BCUT2D eigenvalue weighted by molar-refractivity contribution is -0.137. The van der Waals surface area contributed by atoms with Gasteiger partial charge >= 0.3 is 0 Å². The maximum atomic E-state index is 14.1. The second-order valence-electron chi connectivity index (χ2n) is 5.94. The van der Waals surface area contributed by atoms with Crippen LogP contribution in [0.1, 0.15) is 44.7 Å². The molecular weight excluding hydrogens is 255 g/mol. The molecule has 0 bridgehead atoms. The van der Waals surface area contributed by atoms with Crippen molar-refractivity contribution >= 4 is 5.91 Å². The molecule has 2 atom stereocenters. The molecule has 1 aromatic rings. The molecule has 2 unspecified atom stereocenters. The Labute approximate surface area is 120 Å². The number of hydrogen-bond donors (Lipinski definition) is 1. The van der Waals surface area contributed by atoms with E-state index in [2.05, 4.69) is 13.8 Å². The predicted molar refractivity (Wildman–Crippen MR) is 77.5 cm³/mol. The third kappa shape index (κ3) is 3.18. The molecule has 0 saturated carbocycles. The fraction of sp³-hybridized carbons (Fsp3) is 0.562. The summed E-state index contributed by atoms with van der Waals surface area (Å²) in [6, 6.07) is 6.09. The van der Waals surface area contributed by atoms with E-state index < -0.39 is 0 Å². The highest BCUT2D eigenvalue weighted by Crippen LogP contribution is 2.32. The van der Waals surface area contributed by atoms with Crippen LogP contribution in [0.2, 0.25) is 0 Å². The first-order valence-corrected chi connectivity index (χ1v) is 7.30. The molecule has 1 fully saturated rings. The minimum atomic E-state index is -0.337. The summed E-state index contributed by atoms with van der Waals surface area (Å²) in [4.78, 5) is 14.0. The number of rotatable bonds is 4. The first-order chi connectivity index (χ1) is 9.50. The third-order valence-corrected chi connectivity index (χ3v) is 3.92. The van der Waals surface area contributed by atoms with Gasteiger partial charge in [-0.3, -0.25) is 4.79 Å². The van der Waals surface area contributed by atoms with Gasteiger partial charge in [-0.25, -0.2) is 4.39 Å². The van der Waals surface area contributed by atoms with E-state index in [-0.39, 0.29) is 23.8 Å². The SMILES string of the molecule is CC(C)CCN1C(=O)CCC(N)C1c1ccccc1F. The third-order valence-electron chi connectivity index (χ3n) is 3.92. The van der Waals surface area contributed by atoms with Gasteiger partial charge in [0.05, 0.1) is 6.04 Å². The van der Waals surface area contributed by atoms with Crippen molar-refractivity contribution in [1.82, 2.24) is 4.90 Å². The van der Waals surface area contributed by atoms with Crippen molar-refractivity contribution < 1.29 is 9.18 Å². The highest BCUT2D eigenvalue weighted by molar-refractivity contribution is 5.78. The van der Waals surface area contributed by atoms with Crippen molar-refractivity contribution in [3.8, 4) is 0 Å². The fourth-order valence-corrected chi connectivity index (χ4v) is 2.75. The fourth-order valence-electron chi connectivity index (χ4n) is 2.75. The van der Waals surface area contributed by atoms with Gasteiger partial charge in [-0.1, -0.05) is 32.0 Å². The van der Waals surface area contributed by atoms with E-state index in [1.54, 1.807) is 23.1 Å². The summed E-state index contributed by atoms with van der Waals surface area (Å²) in [5, 5.41) is 0. The molecule has 0 spiro atoms. The van der Waals surface area contributed by atoms with Crippen LogP contribution in [0, 0.1) is 11.7 Å². The minimum Gasteiger partial charge on any atom is -0.334 e. The van der Waals surface area contributed by atoms with Crippen molar-refractivity contribution in [2.45, 2.75) is 45.2 Å². The van der Waals surface area contributed by atoms with Gasteiger partial charge in [-0.05, 0) is 24.8 Å². The molecule has 1 saturated heterocycles. The Morgan fingerprint density at radius 2 is 2.10 bits per heavy atom. The first kappa shape index (κ1) is 15.0. The zero-order chi connectivity index (χ0) is 14.7. The van der Waals surface area contributed by atoms with E-state index >= 15 is 0 Å². The van der Waals surface area contributed by atoms with E-state index in [0.29, 0.717) is 30.9 Å². The predicted octanol–water partition coefficient (Wildman–Crippen LogP) is 2.86. The number of hydrogen-bond acceptors (Lipinski definition) is 2. The summed E-state index contributed by atoms with van der Waals surface area (Å²) in [6.07, 6.45) is 1.99. The summed E-state index contributed by atoms with van der Waals surface area (Å²) < 4.78 is 14.1. The van der Waals surface area contributed by atoms with Gasteiger partial charge in [0.1, 0.15) is 5.82 Å². The van der Waals surface area contributed by atoms with Gasteiger partial charge in [0.25, 0.3) is 0 Å². The Kier molecular flexibility index (Phi) is 4.76. The van der Waals surface area contributed by atoms with Gasteiger partial charge in [0.15, 0.2) is 0 Å². The molecule has 1 aliphatic heterocycles. The quantitative estimate of drug-likeness (QED) is 0.920. The lowest BCUT2D eigenvalue weighted by atomic mass is 9.89. The van der Waals surface area contributed by atoms with Crippen molar-refractivity contribution in [3.05, 3.63) is 35.6 Å². The van der Waals surface area contributed by atoms with Gasteiger partial charge < -0.3 is 10.6 Å². The number of halogens is 1. The average molecular weight is 278 g/mol. The molecule has 2 rings (SSSR count). The highest BCUT2D eigenvalue weighted by atomic mass is 19.1. The number of carbonyl (C=O) groups is 1. The molecule has 0 aromatic heterocycles. The Balaban J connectivity index is 2.28. The normalized spacial score (nSPS) is 23.4. The molecule has 2 N–H and O–H groups in total. The lowest BCUT2D eigenvalue weighted by Crippen LogP contribution is -2.49. The van der Waals surface area contributed by atoms with Crippen LogP contribution < -0.4 is 5.73 Å². The Hall–Kier alpha value is -1.42. The molecular formula is C16H23FN2O. The van der Waals surface area contributed by atoms with Crippen LogP contribution in [-0.2, 0) is 4.79 Å².